The van der Waals surface area contributed by atoms with Gasteiger partial charge >= 0.3 is 0 Å². The van der Waals surface area contributed by atoms with Gasteiger partial charge in [-0.05, 0) is 30.5 Å². The lowest BCUT2D eigenvalue weighted by molar-refractivity contribution is -0.120. The number of amides is 1. The van der Waals surface area contributed by atoms with Crippen molar-refractivity contribution in [1.29, 1.82) is 0 Å². The minimum Gasteiger partial charge on any atom is -0.354 e. The quantitative estimate of drug-likeness (QED) is 0.854. The Morgan fingerprint density at radius 1 is 1.28 bits per heavy atom. The largest absolute Gasteiger partial charge is 0.354 e. The third-order valence-electron chi connectivity index (χ3n) is 3.83. The number of nitrogens with two attached hydrogens (primary N) is 1. The molecule has 18 heavy (non-hydrogen) atoms. The standard InChI is InChI=1S/C14H19FN2O/c15-12-5-3-11(4-6-12)14(7-1-2-8-14)10-17-13(18)9-16/h3-6H,1-2,7-10,16H2,(H,17,18). The van der Waals surface area contributed by atoms with Crippen LogP contribution in [-0.2, 0) is 10.2 Å². The van der Waals surface area contributed by atoms with Gasteiger partial charge in [0.15, 0.2) is 0 Å². The molecule has 0 aromatic heterocycles. The molecule has 4 heteroatoms. The topological polar surface area (TPSA) is 55.1 Å². The molecule has 0 unspecified atom stereocenters. The van der Waals surface area contributed by atoms with Crippen molar-refractivity contribution < 1.29 is 9.18 Å². The number of carbonyl (C=O) groups excluding carboxylic acids is 1. The molecule has 1 aromatic rings. The molecule has 1 aliphatic carbocycles. The predicted octanol–water partition coefficient (Wildman–Crippen LogP) is 1.71. The fourth-order valence-corrected chi connectivity index (χ4v) is 2.76. The zero-order valence-electron chi connectivity index (χ0n) is 10.4. The molecule has 3 nitrogen and oxygen atoms in total. The number of hydrogen-bond acceptors (Lipinski definition) is 2. The molecule has 1 aliphatic rings. The summed E-state index contributed by atoms with van der Waals surface area (Å²) in [5.74, 6) is -0.360. The predicted molar refractivity (Wildman–Crippen MR) is 68.6 cm³/mol. The van der Waals surface area contributed by atoms with Crippen LogP contribution in [0.2, 0.25) is 0 Å². The highest BCUT2D eigenvalue weighted by atomic mass is 19.1. The first kappa shape index (κ1) is 13.0. The van der Waals surface area contributed by atoms with Gasteiger partial charge < -0.3 is 11.1 Å². The molecule has 0 bridgehead atoms. The first-order chi connectivity index (χ1) is 8.66. The van der Waals surface area contributed by atoms with Crippen molar-refractivity contribution in [3.8, 4) is 0 Å². The monoisotopic (exact) mass is 250 g/mol. The summed E-state index contributed by atoms with van der Waals surface area (Å²) in [6.45, 7) is 0.605. The minimum atomic E-state index is -0.224. The highest BCUT2D eigenvalue weighted by molar-refractivity contribution is 5.77. The van der Waals surface area contributed by atoms with Gasteiger partial charge in [0.2, 0.25) is 5.91 Å². The summed E-state index contributed by atoms with van der Waals surface area (Å²) in [4.78, 5) is 11.3. The van der Waals surface area contributed by atoms with E-state index < -0.39 is 0 Å². The molecule has 1 saturated carbocycles. The highest BCUT2D eigenvalue weighted by Crippen LogP contribution is 2.40. The molecule has 1 fully saturated rings. The first-order valence-electron chi connectivity index (χ1n) is 6.39. The normalized spacial score (nSPS) is 17.7. The van der Waals surface area contributed by atoms with Crippen molar-refractivity contribution in [3.05, 3.63) is 35.6 Å². The first-order valence-corrected chi connectivity index (χ1v) is 6.39. The van der Waals surface area contributed by atoms with Gasteiger partial charge in [-0.25, -0.2) is 4.39 Å². The molecular weight excluding hydrogens is 231 g/mol. The maximum atomic E-state index is 13.0. The fraction of sp³-hybridized carbons (Fsp3) is 0.500. The SMILES string of the molecule is NCC(=O)NCC1(c2ccc(F)cc2)CCCC1. The van der Waals surface area contributed by atoms with Crippen LogP contribution in [0.1, 0.15) is 31.2 Å². The van der Waals surface area contributed by atoms with E-state index in [1.165, 1.54) is 12.1 Å². The Bertz CT molecular complexity index is 410. The molecule has 98 valence electrons. The van der Waals surface area contributed by atoms with E-state index in [1.54, 1.807) is 0 Å². The van der Waals surface area contributed by atoms with Gasteiger partial charge in [0.05, 0.1) is 6.54 Å². The third kappa shape index (κ3) is 2.70. The summed E-state index contributed by atoms with van der Waals surface area (Å²) in [6, 6.07) is 6.63. The maximum absolute atomic E-state index is 13.0. The summed E-state index contributed by atoms with van der Waals surface area (Å²) in [6.07, 6.45) is 4.36. The van der Waals surface area contributed by atoms with Gasteiger partial charge in [0.1, 0.15) is 5.82 Å². The summed E-state index contributed by atoms with van der Waals surface area (Å²) < 4.78 is 13.0. The van der Waals surface area contributed by atoms with Crippen molar-refractivity contribution >= 4 is 5.91 Å². The zero-order valence-corrected chi connectivity index (χ0v) is 10.4. The second kappa shape index (κ2) is 5.48. The van der Waals surface area contributed by atoms with E-state index in [0.717, 1.165) is 31.2 Å². The van der Waals surface area contributed by atoms with Crippen LogP contribution < -0.4 is 11.1 Å². The Labute approximate surface area is 107 Å². The Morgan fingerprint density at radius 2 is 1.89 bits per heavy atom. The van der Waals surface area contributed by atoms with E-state index in [0.29, 0.717) is 6.54 Å². The smallest absolute Gasteiger partial charge is 0.233 e. The number of rotatable bonds is 4. The van der Waals surface area contributed by atoms with Crippen molar-refractivity contribution in [3.63, 3.8) is 0 Å². The van der Waals surface area contributed by atoms with E-state index in [2.05, 4.69) is 5.32 Å². The molecule has 0 saturated heterocycles. The van der Waals surface area contributed by atoms with Crippen LogP contribution in [-0.4, -0.2) is 19.0 Å². The third-order valence-corrected chi connectivity index (χ3v) is 3.83. The van der Waals surface area contributed by atoms with Gasteiger partial charge in [0.25, 0.3) is 0 Å². The van der Waals surface area contributed by atoms with E-state index >= 15 is 0 Å². The minimum absolute atomic E-state index is 0.0134. The lowest BCUT2D eigenvalue weighted by Crippen LogP contribution is -2.41. The molecule has 0 atom stereocenters. The van der Waals surface area contributed by atoms with Gasteiger partial charge in [0, 0.05) is 12.0 Å². The van der Waals surface area contributed by atoms with E-state index in [9.17, 15) is 9.18 Å². The van der Waals surface area contributed by atoms with Gasteiger partial charge in [-0.3, -0.25) is 4.79 Å². The Morgan fingerprint density at radius 3 is 2.44 bits per heavy atom. The summed E-state index contributed by atoms with van der Waals surface area (Å²) >= 11 is 0. The number of benzene rings is 1. The molecule has 0 aliphatic heterocycles. The molecule has 0 radical (unpaired) electrons. The van der Waals surface area contributed by atoms with Crippen LogP contribution in [0.25, 0.3) is 0 Å². The number of hydrogen-bond donors (Lipinski definition) is 2. The Hall–Kier alpha value is -1.42. The lowest BCUT2D eigenvalue weighted by atomic mass is 9.79. The van der Waals surface area contributed by atoms with Gasteiger partial charge in [-0.2, -0.15) is 0 Å². The average molecular weight is 250 g/mol. The highest BCUT2D eigenvalue weighted by Gasteiger charge is 2.35. The van der Waals surface area contributed by atoms with Crippen molar-refractivity contribution in [1.82, 2.24) is 5.32 Å². The second-order valence-corrected chi connectivity index (χ2v) is 4.98. The van der Waals surface area contributed by atoms with E-state index in [-0.39, 0.29) is 23.7 Å². The van der Waals surface area contributed by atoms with Crippen LogP contribution >= 0.6 is 0 Å². The van der Waals surface area contributed by atoms with Crippen LogP contribution in [0, 0.1) is 5.82 Å². The fourth-order valence-electron chi connectivity index (χ4n) is 2.76. The van der Waals surface area contributed by atoms with E-state index in [1.807, 2.05) is 12.1 Å². The average Bonchev–Trinajstić information content (AvgIpc) is 2.87. The Balaban J connectivity index is 2.16. The maximum Gasteiger partial charge on any atom is 0.233 e. The van der Waals surface area contributed by atoms with Crippen LogP contribution in [0.5, 0.6) is 0 Å². The summed E-state index contributed by atoms with van der Waals surface area (Å²) in [7, 11) is 0. The summed E-state index contributed by atoms with van der Waals surface area (Å²) in [5.41, 5.74) is 6.36. The number of carbonyl (C=O) groups is 1. The second-order valence-electron chi connectivity index (χ2n) is 4.98. The number of halogens is 1. The Kier molecular flexibility index (Phi) is 3.97. The van der Waals surface area contributed by atoms with Crippen LogP contribution in [0.4, 0.5) is 4.39 Å². The van der Waals surface area contributed by atoms with Gasteiger partial charge in [-0.1, -0.05) is 25.0 Å². The van der Waals surface area contributed by atoms with E-state index in [4.69, 9.17) is 5.73 Å². The van der Waals surface area contributed by atoms with Crippen LogP contribution in [0.15, 0.2) is 24.3 Å². The molecule has 0 heterocycles. The molecule has 3 N–H and O–H groups in total. The van der Waals surface area contributed by atoms with Crippen molar-refractivity contribution in [2.24, 2.45) is 5.73 Å². The lowest BCUT2D eigenvalue weighted by Gasteiger charge is -2.30. The van der Waals surface area contributed by atoms with Crippen LogP contribution in [0.3, 0.4) is 0 Å². The molecular formula is C14H19FN2O. The van der Waals surface area contributed by atoms with Crippen molar-refractivity contribution in [2.45, 2.75) is 31.1 Å². The zero-order chi connectivity index (χ0) is 13.0. The number of nitrogens with one attached hydrogen (secondary N) is 1. The molecule has 0 spiro atoms. The molecule has 2 rings (SSSR count). The van der Waals surface area contributed by atoms with Gasteiger partial charge in [-0.15, -0.1) is 0 Å². The molecule has 1 amide bonds. The molecule has 1 aromatic carbocycles. The van der Waals surface area contributed by atoms with Crippen molar-refractivity contribution in [2.75, 3.05) is 13.1 Å². The summed E-state index contributed by atoms with van der Waals surface area (Å²) in [5, 5.41) is 2.87.